The molecule has 0 amide bonds. The zero-order valence-electron chi connectivity index (χ0n) is 16.1. The molecule has 4 N–H and O–H groups in total. The number of anilines is 1. The average molecular weight is 430 g/mol. The second kappa shape index (κ2) is 6.58. The summed E-state index contributed by atoms with van der Waals surface area (Å²) in [5.74, 6) is 5.02. The highest BCUT2D eigenvalue weighted by Gasteiger charge is 2.39. The van der Waals surface area contributed by atoms with E-state index in [0.717, 1.165) is 24.5 Å². The largest absolute Gasteiger partial charge is 0.366 e. The Bertz CT molecular complexity index is 1280. The summed E-state index contributed by atoms with van der Waals surface area (Å²) < 4.78 is 17.1. The van der Waals surface area contributed by atoms with Gasteiger partial charge in [-0.2, -0.15) is 4.68 Å². The third-order valence-corrected chi connectivity index (χ3v) is 6.51. The summed E-state index contributed by atoms with van der Waals surface area (Å²) in [6.07, 6.45) is 2.17. The molecule has 1 saturated carbocycles. The van der Waals surface area contributed by atoms with Crippen LogP contribution in [-0.2, 0) is 5.54 Å². The molecule has 2 fully saturated rings. The first-order valence-corrected chi connectivity index (χ1v) is 10.2. The Kier molecular flexibility index (Phi) is 4.20. The van der Waals surface area contributed by atoms with Gasteiger partial charge in [0.1, 0.15) is 5.82 Å². The van der Waals surface area contributed by atoms with Crippen molar-refractivity contribution in [2.24, 2.45) is 5.73 Å². The molecule has 2 aromatic carbocycles. The molecule has 1 aliphatic heterocycles. The van der Waals surface area contributed by atoms with E-state index in [-0.39, 0.29) is 27.7 Å². The number of hydrogen-bond acceptors (Lipinski definition) is 5. The van der Waals surface area contributed by atoms with Crippen LogP contribution in [0.2, 0.25) is 5.02 Å². The molecule has 2 heterocycles. The maximum atomic E-state index is 15.2. The van der Waals surface area contributed by atoms with Crippen molar-refractivity contribution in [3.8, 4) is 0 Å². The third-order valence-electron chi connectivity index (χ3n) is 6.15. The summed E-state index contributed by atoms with van der Waals surface area (Å²) in [6, 6.07) is 10.7. The van der Waals surface area contributed by atoms with Crippen molar-refractivity contribution in [2.45, 2.75) is 30.8 Å². The smallest absolute Gasteiger partial charge is 0.350 e. The molecule has 0 bridgehead atoms. The van der Waals surface area contributed by atoms with Crippen LogP contribution in [0.4, 0.5) is 10.1 Å². The van der Waals surface area contributed by atoms with E-state index in [2.05, 4.69) is 0 Å². The zero-order valence-corrected chi connectivity index (χ0v) is 16.9. The van der Waals surface area contributed by atoms with Crippen LogP contribution in [0.25, 0.3) is 10.9 Å². The van der Waals surface area contributed by atoms with Crippen LogP contribution < -0.4 is 27.7 Å². The van der Waals surface area contributed by atoms with Crippen molar-refractivity contribution in [2.75, 3.05) is 23.8 Å². The quantitative estimate of drug-likeness (QED) is 0.621. The van der Waals surface area contributed by atoms with Crippen LogP contribution in [0.15, 0.2) is 46.0 Å². The number of benzene rings is 2. The Hall–Kier alpha value is -2.84. The number of halogens is 2. The summed E-state index contributed by atoms with van der Waals surface area (Å²) in [5, 5.41) is 0.0422. The molecule has 30 heavy (non-hydrogen) atoms. The maximum Gasteiger partial charge on any atom is 0.350 e. The minimum absolute atomic E-state index is 0.00322. The Morgan fingerprint density at radius 1 is 1.17 bits per heavy atom. The topological polar surface area (TPSA) is 99.3 Å². The second-order valence-electron chi connectivity index (χ2n) is 8.17. The predicted octanol–water partition coefficient (Wildman–Crippen LogP) is 2.07. The molecule has 156 valence electrons. The monoisotopic (exact) mass is 429 g/mol. The zero-order chi connectivity index (χ0) is 21.2. The fraction of sp³-hybridized carbons (Fsp3) is 0.333. The molecule has 5 rings (SSSR count). The Balaban J connectivity index is 1.68. The van der Waals surface area contributed by atoms with Gasteiger partial charge in [-0.1, -0.05) is 41.9 Å². The fourth-order valence-corrected chi connectivity index (χ4v) is 4.82. The van der Waals surface area contributed by atoms with E-state index >= 15 is 4.39 Å². The van der Waals surface area contributed by atoms with Gasteiger partial charge in [0.15, 0.2) is 0 Å². The number of fused-ring (bicyclic) bond motifs is 1. The van der Waals surface area contributed by atoms with Gasteiger partial charge < -0.3 is 16.5 Å². The second-order valence-corrected chi connectivity index (χ2v) is 8.55. The SMILES string of the molecule is Nn1c(=O)c2cc(F)c(N3CCC(N)(c4ccccc4)C3)c(Cl)c2n(C2CC2)c1=O. The number of hydrogen-bond donors (Lipinski definition) is 2. The molecular formula is C21H21ClFN5O2. The normalized spacial score (nSPS) is 21.5. The molecule has 1 unspecified atom stereocenters. The van der Waals surface area contributed by atoms with Gasteiger partial charge >= 0.3 is 5.69 Å². The van der Waals surface area contributed by atoms with Gasteiger partial charge in [0.2, 0.25) is 0 Å². The lowest BCUT2D eigenvalue weighted by atomic mass is 9.90. The molecule has 1 aromatic heterocycles. The summed E-state index contributed by atoms with van der Waals surface area (Å²) in [5.41, 5.74) is 5.95. The van der Waals surface area contributed by atoms with E-state index in [9.17, 15) is 9.59 Å². The summed E-state index contributed by atoms with van der Waals surface area (Å²) in [7, 11) is 0. The van der Waals surface area contributed by atoms with Crippen LogP contribution in [0, 0.1) is 5.82 Å². The first-order chi connectivity index (χ1) is 14.3. The summed E-state index contributed by atoms with van der Waals surface area (Å²) in [6.45, 7) is 0.857. The summed E-state index contributed by atoms with van der Waals surface area (Å²) in [4.78, 5) is 27.0. The van der Waals surface area contributed by atoms with Crippen molar-refractivity contribution in [1.82, 2.24) is 9.24 Å². The van der Waals surface area contributed by atoms with Crippen LogP contribution in [0.5, 0.6) is 0 Å². The highest BCUT2D eigenvalue weighted by atomic mass is 35.5. The lowest BCUT2D eigenvalue weighted by Crippen LogP contribution is -2.44. The number of nitrogens with zero attached hydrogens (tertiary/aromatic N) is 3. The van der Waals surface area contributed by atoms with Crippen LogP contribution in [0.1, 0.15) is 30.9 Å². The van der Waals surface area contributed by atoms with Gasteiger partial charge in [0.05, 0.1) is 27.2 Å². The minimum Gasteiger partial charge on any atom is -0.366 e. The maximum absolute atomic E-state index is 15.2. The predicted molar refractivity (Wildman–Crippen MR) is 115 cm³/mol. The Morgan fingerprint density at radius 2 is 1.87 bits per heavy atom. The molecule has 3 aromatic rings. The van der Waals surface area contributed by atoms with Crippen molar-refractivity contribution >= 4 is 28.2 Å². The van der Waals surface area contributed by atoms with E-state index in [4.69, 9.17) is 23.2 Å². The van der Waals surface area contributed by atoms with Gasteiger partial charge in [-0.25, -0.2) is 9.18 Å². The molecule has 1 atom stereocenters. The third kappa shape index (κ3) is 2.74. The average Bonchev–Trinajstić information content (AvgIpc) is 3.50. The number of nitrogens with two attached hydrogens (primary N) is 2. The molecule has 1 saturated heterocycles. The standard InChI is InChI=1S/C21H21ClFN5O2/c22-16-17-14(19(29)28(25)20(30)27(17)13-6-7-13)10-15(23)18(16)26-9-8-21(24,11-26)12-4-2-1-3-5-12/h1-5,10,13H,6-9,11,24-25H2. The van der Waals surface area contributed by atoms with Crippen LogP contribution >= 0.6 is 11.6 Å². The Morgan fingerprint density at radius 3 is 2.53 bits per heavy atom. The Labute approximate surface area is 176 Å². The van der Waals surface area contributed by atoms with E-state index in [0.29, 0.717) is 24.2 Å². The van der Waals surface area contributed by atoms with Gasteiger partial charge in [-0.05, 0) is 30.9 Å². The van der Waals surface area contributed by atoms with Crippen LogP contribution in [-0.4, -0.2) is 22.3 Å². The fourth-order valence-electron chi connectivity index (χ4n) is 4.42. The summed E-state index contributed by atoms with van der Waals surface area (Å²) >= 11 is 6.67. The van der Waals surface area contributed by atoms with Crippen molar-refractivity contribution < 1.29 is 4.39 Å². The number of aromatic nitrogens is 2. The first-order valence-electron chi connectivity index (χ1n) is 9.85. The molecule has 0 radical (unpaired) electrons. The van der Waals surface area contributed by atoms with Gasteiger partial charge in [-0.3, -0.25) is 9.36 Å². The molecule has 2 aliphatic rings. The van der Waals surface area contributed by atoms with Gasteiger partial charge in [0, 0.05) is 19.1 Å². The van der Waals surface area contributed by atoms with E-state index in [1.165, 1.54) is 4.57 Å². The van der Waals surface area contributed by atoms with Crippen molar-refractivity contribution in [3.63, 3.8) is 0 Å². The number of rotatable bonds is 3. The van der Waals surface area contributed by atoms with Gasteiger partial charge in [0.25, 0.3) is 5.56 Å². The van der Waals surface area contributed by atoms with E-state index in [1.807, 2.05) is 30.3 Å². The minimum atomic E-state index is -0.766. The molecule has 0 spiro atoms. The lowest BCUT2D eigenvalue weighted by molar-refractivity contribution is 0.499. The highest BCUT2D eigenvalue weighted by molar-refractivity contribution is 6.38. The number of nitrogen functional groups attached to an aromatic ring is 1. The van der Waals surface area contributed by atoms with E-state index in [1.54, 1.807) is 4.90 Å². The lowest BCUT2D eigenvalue weighted by Gasteiger charge is -2.27. The molecule has 9 heteroatoms. The van der Waals surface area contributed by atoms with Crippen LogP contribution in [0.3, 0.4) is 0 Å². The highest BCUT2D eigenvalue weighted by Crippen LogP contribution is 2.43. The molecular weight excluding hydrogens is 409 g/mol. The van der Waals surface area contributed by atoms with Crippen molar-refractivity contribution in [3.05, 3.63) is 73.6 Å². The molecule has 1 aliphatic carbocycles. The molecule has 7 nitrogen and oxygen atoms in total. The first kappa shape index (κ1) is 19.1. The van der Waals surface area contributed by atoms with Crippen molar-refractivity contribution in [1.29, 1.82) is 0 Å². The van der Waals surface area contributed by atoms with E-state index < -0.39 is 22.6 Å². The van der Waals surface area contributed by atoms with Gasteiger partial charge in [-0.15, -0.1) is 0 Å².